The molecule has 158 valence electrons. The molecule has 2 aromatic carbocycles. The van der Waals surface area contributed by atoms with Gasteiger partial charge in [-0.1, -0.05) is 48.9 Å². The summed E-state index contributed by atoms with van der Waals surface area (Å²) in [5, 5.41) is 4.55. The molecule has 1 saturated heterocycles. The quantitative estimate of drug-likeness (QED) is 0.547. The summed E-state index contributed by atoms with van der Waals surface area (Å²) in [5.41, 5.74) is 8.54. The lowest BCUT2D eigenvalue weighted by Gasteiger charge is -2.26. The number of nitrogens with two attached hydrogens (primary N) is 1. The number of nitrogen functional groups attached to an aromatic ring is 1. The highest BCUT2D eigenvalue weighted by Gasteiger charge is 2.11. The zero-order valence-electron chi connectivity index (χ0n) is 17.5. The van der Waals surface area contributed by atoms with Crippen molar-refractivity contribution in [3.8, 4) is 5.75 Å². The molecule has 0 aliphatic carbocycles. The van der Waals surface area contributed by atoms with Gasteiger partial charge in [-0.25, -0.2) is 4.68 Å². The Hall–Kier alpha value is -2.86. The maximum atomic E-state index is 6.04. The van der Waals surface area contributed by atoms with E-state index >= 15 is 0 Å². The number of nitrogens with zero attached hydrogens (tertiary/aromatic N) is 4. The highest BCUT2D eigenvalue weighted by atomic mass is 16.5. The fourth-order valence-corrected chi connectivity index (χ4v) is 3.93. The highest BCUT2D eigenvalue weighted by molar-refractivity contribution is 5.28. The summed E-state index contributed by atoms with van der Waals surface area (Å²) < 4.78 is 7.75. The Morgan fingerprint density at radius 1 is 0.933 bits per heavy atom. The SMILES string of the molecule is Nc1nc(Cc2ccccc2)nn1CCCOc1cccc(CN2CCCCC2)c1. The molecule has 0 radical (unpaired) electrons. The number of aromatic nitrogens is 3. The molecule has 1 aliphatic rings. The number of aryl methyl sites for hydroxylation is 1. The second-order valence-electron chi connectivity index (χ2n) is 7.96. The van der Waals surface area contributed by atoms with E-state index < -0.39 is 0 Å². The third-order valence-electron chi connectivity index (χ3n) is 5.49. The highest BCUT2D eigenvalue weighted by Crippen LogP contribution is 2.18. The van der Waals surface area contributed by atoms with Gasteiger partial charge in [-0.15, -0.1) is 0 Å². The monoisotopic (exact) mass is 405 g/mol. The van der Waals surface area contributed by atoms with Gasteiger partial charge in [-0.05, 0) is 49.2 Å². The molecule has 0 bridgehead atoms. The van der Waals surface area contributed by atoms with Gasteiger partial charge in [0.25, 0.3) is 0 Å². The number of hydrogen-bond donors (Lipinski definition) is 1. The molecule has 0 atom stereocenters. The molecule has 0 spiro atoms. The third kappa shape index (κ3) is 5.83. The average molecular weight is 406 g/mol. The van der Waals surface area contributed by atoms with Crippen LogP contribution in [0.15, 0.2) is 54.6 Å². The van der Waals surface area contributed by atoms with Crippen molar-refractivity contribution in [2.45, 2.75) is 45.2 Å². The van der Waals surface area contributed by atoms with E-state index in [1.165, 1.54) is 43.5 Å². The lowest BCUT2D eigenvalue weighted by molar-refractivity contribution is 0.220. The van der Waals surface area contributed by atoms with Crippen molar-refractivity contribution in [2.24, 2.45) is 0 Å². The molecule has 30 heavy (non-hydrogen) atoms. The van der Waals surface area contributed by atoms with Gasteiger partial charge in [0.05, 0.1) is 6.61 Å². The Morgan fingerprint density at radius 3 is 2.57 bits per heavy atom. The summed E-state index contributed by atoms with van der Waals surface area (Å²) in [6.45, 7) is 4.74. The maximum absolute atomic E-state index is 6.04. The summed E-state index contributed by atoms with van der Waals surface area (Å²) in [7, 11) is 0. The summed E-state index contributed by atoms with van der Waals surface area (Å²) >= 11 is 0. The molecule has 6 nitrogen and oxygen atoms in total. The molecule has 1 aliphatic heterocycles. The number of rotatable bonds is 9. The van der Waals surface area contributed by atoms with Crippen molar-refractivity contribution >= 4 is 5.95 Å². The van der Waals surface area contributed by atoms with Crippen LogP contribution in [-0.2, 0) is 19.5 Å². The normalized spacial score (nSPS) is 14.7. The van der Waals surface area contributed by atoms with Crippen LogP contribution in [0.25, 0.3) is 0 Å². The molecule has 4 rings (SSSR count). The van der Waals surface area contributed by atoms with Crippen LogP contribution in [0.5, 0.6) is 5.75 Å². The van der Waals surface area contributed by atoms with Gasteiger partial charge < -0.3 is 10.5 Å². The summed E-state index contributed by atoms with van der Waals surface area (Å²) in [4.78, 5) is 6.92. The zero-order chi connectivity index (χ0) is 20.6. The molecule has 2 heterocycles. The summed E-state index contributed by atoms with van der Waals surface area (Å²) in [6, 6.07) is 18.7. The molecule has 1 aromatic heterocycles. The Labute approximate surface area is 178 Å². The van der Waals surface area contributed by atoms with Gasteiger partial charge in [0, 0.05) is 25.9 Å². The Bertz CT molecular complexity index is 918. The van der Waals surface area contributed by atoms with Crippen LogP contribution in [0, 0.1) is 0 Å². The van der Waals surface area contributed by atoms with Crippen LogP contribution in [0.4, 0.5) is 5.95 Å². The van der Waals surface area contributed by atoms with Crippen molar-refractivity contribution in [1.29, 1.82) is 0 Å². The zero-order valence-corrected chi connectivity index (χ0v) is 17.5. The fraction of sp³-hybridized carbons (Fsp3) is 0.417. The second kappa shape index (κ2) is 10.3. The van der Waals surface area contributed by atoms with E-state index in [4.69, 9.17) is 10.5 Å². The van der Waals surface area contributed by atoms with Crippen LogP contribution in [0.3, 0.4) is 0 Å². The lowest BCUT2D eigenvalue weighted by Crippen LogP contribution is -2.29. The van der Waals surface area contributed by atoms with E-state index in [1.807, 2.05) is 24.3 Å². The first kappa shape index (κ1) is 20.4. The first-order valence-corrected chi connectivity index (χ1v) is 10.9. The minimum absolute atomic E-state index is 0.462. The fourth-order valence-electron chi connectivity index (χ4n) is 3.93. The molecule has 3 aromatic rings. The molecular weight excluding hydrogens is 374 g/mol. The number of hydrogen-bond acceptors (Lipinski definition) is 5. The van der Waals surface area contributed by atoms with Crippen LogP contribution in [0.2, 0.25) is 0 Å². The van der Waals surface area contributed by atoms with E-state index in [0.717, 1.165) is 24.5 Å². The predicted molar refractivity (Wildman–Crippen MR) is 119 cm³/mol. The number of benzene rings is 2. The molecule has 6 heteroatoms. The van der Waals surface area contributed by atoms with Crippen molar-refractivity contribution in [1.82, 2.24) is 19.7 Å². The maximum Gasteiger partial charge on any atom is 0.218 e. The van der Waals surface area contributed by atoms with E-state index in [9.17, 15) is 0 Å². The molecule has 0 amide bonds. The second-order valence-corrected chi connectivity index (χ2v) is 7.96. The lowest BCUT2D eigenvalue weighted by atomic mass is 10.1. The van der Waals surface area contributed by atoms with Crippen LogP contribution >= 0.6 is 0 Å². The minimum atomic E-state index is 0.462. The molecule has 0 saturated carbocycles. The molecular formula is C24H31N5O. The van der Waals surface area contributed by atoms with Crippen molar-refractivity contribution in [3.05, 3.63) is 71.5 Å². The van der Waals surface area contributed by atoms with Crippen molar-refractivity contribution in [2.75, 3.05) is 25.4 Å². The Morgan fingerprint density at radius 2 is 1.73 bits per heavy atom. The van der Waals surface area contributed by atoms with Gasteiger partial charge >= 0.3 is 0 Å². The van der Waals surface area contributed by atoms with Gasteiger partial charge in [0.1, 0.15) is 5.75 Å². The van der Waals surface area contributed by atoms with Gasteiger partial charge in [-0.3, -0.25) is 4.90 Å². The number of ether oxygens (including phenoxy) is 1. The van der Waals surface area contributed by atoms with Crippen LogP contribution in [0.1, 0.15) is 42.6 Å². The first-order valence-electron chi connectivity index (χ1n) is 10.9. The largest absolute Gasteiger partial charge is 0.494 e. The Kier molecular flexibility index (Phi) is 6.98. The summed E-state index contributed by atoms with van der Waals surface area (Å²) in [6.07, 6.45) is 5.51. The number of piperidine rings is 1. The van der Waals surface area contributed by atoms with Gasteiger partial charge in [-0.2, -0.15) is 10.1 Å². The van der Waals surface area contributed by atoms with E-state index in [-0.39, 0.29) is 0 Å². The van der Waals surface area contributed by atoms with E-state index in [2.05, 4.69) is 45.3 Å². The van der Waals surface area contributed by atoms with Crippen molar-refractivity contribution < 1.29 is 4.74 Å². The summed E-state index contributed by atoms with van der Waals surface area (Å²) in [5.74, 6) is 2.15. The molecule has 1 fully saturated rings. The predicted octanol–water partition coefficient (Wildman–Crippen LogP) is 3.91. The number of likely N-dealkylation sites (tertiary alicyclic amines) is 1. The standard InChI is InChI=1S/C24H31N5O/c25-24-26-23(18-20-9-3-1-4-10-20)27-29(24)15-8-16-30-22-12-7-11-21(17-22)19-28-13-5-2-6-14-28/h1,3-4,7,9-12,17H,2,5-6,8,13-16,18-19H2,(H2,25,26,27). The van der Waals surface area contributed by atoms with Gasteiger partial charge in [0.15, 0.2) is 5.82 Å². The average Bonchev–Trinajstić information content (AvgIpc) is 3.12. The van der Waals surface area contributed by atoms with Gasteiger partial charge in [0.2, 0.25) is 5.95 Å². The number of anilines is 1. The molecule has 2 N–H and O–H groups in total. The van der Waals surface area contributed by atoms with E-state index in [1.54, 1.807) is 4.68 Å². The smallest absolute Gasteiger partial charge is 0.218 e. The topological polar surface area (TPSA) is 69.2 Å². The third-order valence-corrected chi connectivity index (χ3v) is 5.49. The van der Waals surface area contributed by atoms with Crippen molar-refractivity contribution in [3.63, 3.8) is 0 Å². The Balaban J connectivity index is 1.23. The van der Waals surface area contributed by atoms with E-state index in [0.29, 0.717) is 25.5 Å². The first-order chi connectivity index (χ1) is 14.8. The minimum Gasteiger partial charge on any atom is -0.494 e. The van der Waals surface area contributed by atoms with Crippen LogP contribution in [-0.4, -0.2) is 39.4 Å². The van der Waals surface area contributed by atoms with Crippen LogP contribution < -0.4 is 10.5 Å². The molecule has 0 unspecified atom stereocenters.